The number of ether oxygens (including phenoxy) is 3. The summed E-state index contributed by atoms with van der Waals surface area (Å²) in [5.74, 6) is -0.981. The first-order chi connectivity index (χ1) is 30.5. The van der Waals surface area contributed by atoms with Crippen LogP contribution in [0.2, 0.25) is 0 Å². The molecule has 0 radical (unpaired) electrons. The zero-order valence-corrected chi connectivity index (χ0v) is 39.6. The van der Waals surface area contributed by atoms with Gasteiger partial charge >= 0.3 is 17.9 Å². The van der Waals surface area contributed by atoms with E-state index in [-0.39, 0.29) is 31.1 Å². The van der Waals surface area contributed by atoms with Gasteiger partial charge in [-0.2, -0.15) is 0 Å². The molecule has 0 fully saturated rings. The Bertz CT molecular complexity index is 1350. The Balaban J connectivity index is 4.52. The molecule has 6 nitrogen and oxygen atoms in total. The van der Waals surface area contributed by atoms with Crippen LogP contribution in [0.3, 0.4) is 0 Å². The molecule has 0 heterocycles. The van der Waals surface area contributed by atoms with Gasteiger partial charge in [0.15, 0.2) is 6.10 Å². The molecule has 1 unspecified atom stereocenters. The average molecular weight is 857 g/mol. The van der Waals surface area contributed by atoms with Gasteiger partial charge in [0.2, 0.25) is 0 Å². The maximum atomic E-state index is 12.8. The van der Waals surface area contributed by atoms with Crippen LogP contribution >= 0.6 is 0 Å². The van der Waals surface area contributed by atoms with Gasteiger partial charge < -0.3 is 14.2 Å². The lowest BCUT2D eigenvalue weighted by Crippen LogP contribution is -2.30. The SMILES string of the molecule is CC/C=C/C=C/C=C/CCCCCCCCCC(=O)OC(COC(=O)CCCCC/C=C/C/C=C/C/C=C/C/C=C/CC)COC(=O)CCCCCCC/C=C/C=C/C=C/CC. The Labute approximate surface area is 380 Å². The zero-order valence-electron chi connectivity index (χ0n) is 39.6. The quantitative estimate of drug-likeness (QED) is 0.0200. The minimum Gasteiger partial charge on any atom is -0.462 e. The van der Waals surface area contributed by atoms with E-state index >= 15 is 0 Å². The molecule has 0 aliphatic heterocycles. The molecule has 0 aromatic rings. The van der Waals surface area contributed by atoms with Crippen molar-refractivity contribution in [2.45, 2.75) is 200 Å². The van der Waals surface area contributed by atoms with Crippen LogP contribution < -0.4 is 0 Å². The lowest BCUT2D eigenvalue weighted by molar-refractivity contribution is -0.167. The number of carbonyl (C=O) groups excluding carboxylic acids is 3. The number of esters is 3. The third-order valence-electron chi connectivity index (χ3n) is 9.81. The van der Waals surface area contributed by atoms with Crippen molar-refractivity contribution < 1.29 is 28.6 Å². The fraction of sp³-hybridized carbons (Fsp3) is 0.589. The molecular weight excluding hydrogens is 769 g/mol. The van der Waals surface area contributed by atoms with Crippen LogP contribution in [-0.2, 0) is 28.6 Å². The monoisotopic (exact) mass is 857 g/mol. The predicted octanol–water partition coefficient (Wildman–Crippen LogP) is 16.1. The van der Waals surface area contributed by atoms with Crippen LogP contribution in [0.25, 0.3) is 0 Å². The lowest BCUT2D eigenvalue weighted by atomic mass is 10.1. The van der Waals surface area contributed by atoms with Gasteiger partial charge in [-0.1, -0.05) is 200 Å². The third-order valence-corrected chi connectivity index (χ3v) is 9.81. The lowest BCUT2D eigenvalue weighted by Gasteiger charge is -2.18. The molecule has 0 saturated carbocycles. The van der Waals surface area contributed by atoms with Crippen molar-refractivity contribution in [3.05, 3.63) is 122 Å². The molecule has 0 spiro atoms. The van der Waals surface area contributed by atoms with Crippen LogP contribution in [0, 0.1) is 0 Å². The maximum absolute atomic E-state index is 12.8. The van der Waals surface area contributed by atoms with E-state index in [1.807, 2.05) is 6.08 Å². The van der Waals surface area contributed by atoms with Crippen molar-refractivity contribution in [2.75, 3.05) is 13.2 Å². The van der Waals surface area contributed by atoms with E-state index < -0.39 is 6.10 Å². The van der Waals surface area contributed by atoms with Crippen molar-refractivity contribution in [3.63, 3.8) is 0 Å². The van der Waals surface area contributed by atoms with Crippen molar-refractivity contribution in [2.24, 2.45) is 0 Å². The van der Waals surface area contributed by atoms with Crippen LogP contribution in [0.4, 0.5) is 0 Å². The minimum absolute atomic E-state index is 0.108. The van der Waals surface area contributed by atoms with Crippen molar-refractivity contribution >= 4 is 17.9 Å². The summed E-state index contributed by atoms with van der Waals surface area (Å²) in [4.78, 5) is 37.9. The van der Waals surface area contributed by atoms with Gasteiger partial charge in [0.05, 0.1) is 0 Å². The van der Waals surface area contributed by atoms with E-state index in [0.717, 1.165) is 135 Å². The summed E-state index contributed by atoms with van der Waals surface area (Å²) in [5.41, 5.74) is 0. The highest BCUT2D eigenvalue weighted by atomic mass is 16.6. The largest absolute Gasteiger partial charge is 0.462 e. The molecule has 62 heavy (non-hydrogen) atoms. The van der Waals surface area contributed by atoms with Crippen molar-refractivity contribution in [1.29, 1.82) is 0 Å². The first-order valence-electron chi connectivity index (χ1n) is 24.6. The molecule has 0 aromatic carbocycles. The fourth-order valence-corrected chi connectivity index (χ4v) is 6.20. The Morgan fingerprint density at radius 2 is 0.661 bits per heavy atom. The van der Waals surface area contributed by atoms with Crippen LogP contribution in [-0.4, -0.2) is 37.2 Å². The number of carbonyl (C=O) groups is 3. The Kier molecular flexibility index (Phi) is 46.1. The molecule has 1 atom stereocenters. The Hall–Kier alpha value is -4.19. The Morgan fingerprint density at radius 1 is 0.339 bits per heavy atom. The predicted molar refractivity (Wildman–Crippen MR) is 265 cm³/mol. The second kappa shape index (κ2) is 49.5. The van der Waals surface area contributed by atoms with E-state index in [2.05, 4.69) is 136 Å². The minimum atomic E-state index is -0.809. The molecule has 0 aliphatic rings. The van der Waals surface area contributed by atoms with E-state index in [1.54, 1.807) is 0 Å². The second-order valence-electron chi connectivity index (χ2n) is 15.7. The van der Waals surface area contributed by atoms with Crippen LogP contribution in [0.15, 0.2) is 122 Å². The highest BCUT2D eigenvalue weighted by Gasteiger charge is 2.19. The first kappa shape index (κ1) is 57.8. The molecule has 0 saturated heterocycles. The van der Waals surface area contributed by atoms with Gasteiger partial charge in [-0.15, -0.1) is 0 Å². The zero-order chi connectivity index (χ0) is 45.1. The standard InChI is InChI=1S/C56H88O6/c1-4-7-10-13-16-19-22-25-27-29-31-34-37-40-43-46-49-55(58)61-52-53(51-60-54(57)48-45-42-39-36-33-30-24-21-18-15-12-9-6-3)62-56(59)50-47-44-41-38-35-32-28-26-23-20-17-14-11-8-5-2/h7-12,14-21,23-25,27,31,34,53H,4-6,13,22,26,28-30,32-33,35-52H2,1-3H3/b10-7+,11-8+,12-9+,17-14+,18-15+,19-16+,23-20+,24-21+,27-25+,34-31+. The number of hydrogen-bond donors (Lipinski definition) is 0. The topological polar surface area (TPSA) is 78.9 Å². The molecule has 0 bridgehead atoms. The average Bonchev–Trinajstić information content (AvgIpc) is 3.27. The summed E-state index contributed by atoms with van der Waals surface area (Å²) >= 11 is 0. The highest BCUT2D eigenvalue weighted by Crippen LogP contribution is 2.13. The Morgan fingerprint density at radius 3 is 1.10 bits per heavy atom. The first-order valence-corrected chi connectivity index (χ1v) is 24.6. The summed E-state index contributed by atoms with van der Waals surface area (Å²) in [6.07, 6.45) is 67.5. The summed E-state index contributed by atoms with van der Waals surface area (Å²) in [5, 5.41) is 0. The van der Waals surface area contributed by atoms with Crippen molar-refractivity contribution in [1.82, 2.24) is 0 Å². The second-order valence-corrected chi connectivity index (χ2v) is 15.7. The maximum Gasteiger partial charge on any atom is 0.306 e. The molecule has 0 N–H and O–H groups in total. The molecular formula is C56H88O6. The van der Waals surface area contributed by atoms with Gasteiger partial charge in [-0.25, -0.2) is 0 Å². The van der Waals surface area contributed by atoms with Gasteiger partial charge in [0.1, 0.15) is 13.2 Å². The normalized spacial score (nSPS) is 13.1. The highest BCUT2D eigenvalue weighted by molar-refractivity contribution is 5.71. The van der Waals surface area contributed by atoms with Crippen LogP contribution in [0.5, 0.6) is 0 Å². The van der Waals surface area contributed by atoms with E-state index in [4.69, 9.17) is 14.2 Å². The number of allylic oxidation sites excluding steroid dienone is 20. The number of unbranched alkanes of at least 4 members (excludes halogenated alkanes) is 15. The van der Waals surface area contributed by atoms with E-state index in [1.165, 1.54) is 19.3 Å². The smallest absolute Gasteiger partial charge is 0.306 e. The number of hydrogen-bond acceptors (Lipinski definition) is 6. The van der Waals surface area contributed by atoms with Crippen molar-refractivity contribution in [3.8, 4) is 0 Å². The summed E-state index contributed by atoms with van der Waals surface area (Å²) < 4.78 is 16.7. The molecule has 348 valence electrons. The molecule has 0 rings (SSSR count). The molecule has 0 aliphatic carbocycles. The van der Waals surface area contributed by atoms with Gasteiger partial charge in [0.25, 0.3) is 0 Å². The van der Waals surface area contributed by atoms with E-state index in [0.29, 0.717) is 19.3 Å². The van der Waals surface area contributed by atoms with E-state index in [9.17, 15) is 14.4 Å². The molecule has 0 aromatic heterocycles. The van der Waals surface area contributed by atoms with Crippen LogP contribution in [0.1, 0.15) is 194 Å². The van der Waals surface area contributed by atoms with Gasteiger partial charge in [-0.05, 0) is 96.3 Å². The third kappa shape index (κ3) is 46.9. The van der Waals surface area contributed by atoms with Gasteiger partial charge in [-0.3, -0.25) is 14.4 Å². The van der Waals surface area contributed by atoms with Gasteiger partial charge in [0, 0.05) is 19.3 Å². The summed E-state index contributed by atoms with van der Waals surface area (Å²) in [6.45, 7) is 6.18. The molecule has 0 amide bonds. The molecule has 6 heteroatoms. The number of rotatable bonds is 42. The summed E-state index contributed by atoms with van der Waals surface area (Å²) in [7, 11) is 0. The fourth-order valence-electron chi connectivity index (χ4n) is 6.20. The summed E-state index contributed by atoms with van der Waals surface area (Å²) in [6, 6.07) is 0.